The fraction of sp³-hybridized carbons (Fsp3) is 0.263. The van der Waals surface area contributed by atoms with Gasteiger partial charge in [-0.3, -0.25) is 14.5 Å². The highest BCUT2D eigenvalue weighted by atomic mass is 16.5. The zero-order valence-electron chi connectivity index (χ0n) is 14.5. The second-order valence-electron chi connectivity index (χ2n) is 5.99. The second-order valence-corrected chi connectivity index (χ2v) is 5.99. The Balaban J connectivity index is 1.80. The lowest BCUT2D eigenvalue weighted by molar-refractivity contribution is -0.123. The van der Waals surface area contributed by atoms with Crippen molar-refractivity contribution in [3.63, 3.8) is 0 Å². The number of rotatable bonds is 4. The van der Waals surface area contributed by atoms with Gasteiger partial charge in [-0.1, -0.05) is 12.1 Å². The fourth-order valence-corrected chi connectivity index (χ4v) is 2.74. The zero-order valence-corrected chi connectivity index (χ0v) is 14.5. The predicted molar refractivity (Wildman–Crippen MR) is 95.4 cm³/mol. The normalized spacial score (nSPS) is 13.1. The van der Waals surface area contributed by atoms with Crippen LogP contribution in [-0.4, -0.2) is 32.1 Å². The molecule has 6 nitrogen and oxygen atoms in total. The molecule has 1 N–H and O–H groups in total. The van der Waals surface area contributed by atoms with Gasteiger partial charge in [-0.15, -0.1) is 0 Å². The Morgan fingerprint density at radius 3 is 2.68 bits per heavy atom. The van der Waals surface area contributed by atoms with E-state index in [1.54, 1.807) is 19.2 Å². The molecule has 0 atom stereocenters. The molecular weight excluding hydrogens is 320 g/mol. The molecule has 2 aromatic rings. The summed E-state index contributed by atoms with van der Waals surface area (Å²) in [5, 5.41) is 2.81. The highest BCUT2D eigenvalue weighted by Gasteiger charge is 2.27. The van der Waals surface area contributed by atoms with Gasteiger partial charge in [-0.05, 0) is 49.2 Å². The van der Waals surface area contributed by atoms with E-state index in [0.717, 1.165) is 11.1 Å². The van der Waals surface area contributed by atoms with Crippen molar-refractivity contribution in [2.24, 2.45) is 0 Å². The summed E-state index contributed by atoms with van der Waals surface area (Å²) in [6, 6.07) is 11.1. The van der Waals surface area contributed by atoms with Gasteiger partial charge in [0.15, 0.2) is 6.61 Å². The molecule has 0 unspecified atom stereocenters. The van der Waals surface area contributed by atoms with Crippen molar-refractivity contribution in [1.82, 2.24) is 0 Å². The van der Waals surface area contributed by atoms with Gasteiger partial charge in [0.25, 0.3) is 5.91 Å². The number of fused-ring (bicyclic) bond motifs is 1. The van der Waals surface area contributed by atoms with Gasteiger partial charge in [-0.25, -0.2) is 0 Å². The summed E-state index contributed by atoms with van der Waals surface area (Å²) in [6.07, 6.45) is 0. The lowest BCUT2D eigenvalue weighted by Crippen LogP contribution is -2.43. The number of carbonyl (C=O) groups excluding carboxylic acids is 2. The number of nitrogens with zero attached hydrogens (tertiary/aromatic N) is 1. The zero-order chi connectivity index (χ0) is 18.0. The Morgan fingerprint density at radius 1 is 1.20 bits per heavy atom. The summed E-state index contributed by atoms with van der Waals surface area (Å²) in [4.78, 5) is 26.1. The number of amides is 2. The number of anilines is 2. The van der Waals surface area contributed by atoms with Crippen LogP contribution in [0.5, 0.6) is 11.5 Å². The molecule has 130 valence electrons. The highest BCUT2D eigenvalue weighted by molar-refractivity contribution is 6.05. The molecule has 6 heteroatoms. The average Bonchev–Trinajstić information content (AvgIpc) is 2.57. The average molecular weight is 340 g/mol. The maximum absolute atomic E-state index is 12.5. The first-order chi connectivity index (χ1) is 12.0. The Bertz CT molecular complexity index is 832. The van der Waals surface area contributed by atoms with Crippen LogP contribution in [0.2, 0.25) is 0 Å². The van der Waals surface area contributed by atoms with Crippen molar-refractivity contribution in [1.29, 1.82) is 0 Å². The lowest BCUT2D eigenvalue weighted by Gasteiger charge is -2.29. The monoisotopic (exact) mass is 340 g/mol. The van der Waals surface area contributed by atoms with Crippen LogP contribution < -0.4 is 19.7 Å². The molecule has 0 bridgehead atoms. The van der Waals surface area contributed by atoms with Crippen LogP contribution in [0.15, 0.2) is 36.4 Å². The number of carbonyl (C=O) groups is 2. The smallest absolute Gasteiger partial charge is 0.265 e. The molecule has 1 aliphatic heterocycles. The van der Waals surface area contributed by atoms with Gasteiger partial charge in [0, 0.05) is 0 Å². The summed E-state index contributed by atoms with van der Waals surface area (Å²) in [5.41, 5.74) is 3.21. The van der Waals surface area contributed by atoms with Gasteiger partial charge in [-0.2, -0.15) is 0 Å². The Hall–Kier alpha value is -3.02. The topological polar surface area (TPSA) is 67.9 Å². The van der Waals surface area contributed by atoms with E-state index in [0.29, 0.717) is 22.9 Å². The molecule has 0 aliphatic carbocycles. The van der Waals surface area contributed by atoms with E-state index >= 15 is 0 Å². The molecular formula is C19H20N2O4. The van der Waals surface area contributed by atoms with E-state index in [1.165, 1.54) is 4.90 Å². The van der Waals surface area contributed by atoms with Crippen LogP contribution in [0.1, 0.15) is 11.1 Å². The van der Waals surface area contributed by atoms with Crippen LogP contribution in [0, 0.1) is 13.8 Å². The second kappa shape index (κ2) is 6.84. The van der Waals surface area contributed by atoms with Crippen molar-refractivity contribution < 1.29 is 19.1 Å². The van der Waals surface area contributed by atoms with Crippen LogP contribution in [0.4, 0.5) is 11.4 Å². The Morgan fingerprint density at radius 2 is 1.92 bits per heavy atom. The third kappa shape index (κ3) is 3.57. The first kappa shape index (κ1) is 16.8. The number of hydrogen-bond donors (Lipinski definition) is 1. The van der Waals surface area contributed by atoms with Gasteiger partial charge >= 0.3 is 0 Å². The molecule has 0 radical (unpaired) electrons. The third-order valence-electron chi connectivity index (χ3n) is 3.99. The molecule has 0 saturated carbocycles. The summed E-state index contributed by atoms with van der Waals surface area (Å²) in [7, 11) is 1.55. The largest absolute Gasteiger partial charge is 0.495 e. The van der Waals surface area contributed by atoms with Crippen LogP contribution in [-0.2, 0) is 9.59 Å². The maximum Gasteiger partial charge on any atom is 0.265 e. The molecule has 2 aromatic carbocycles. The minimum absolute atomic E-state index is 0.0719. The maximum atomic E-state index is 12.5. The van der Waals surface area contributed by atoms with Crippen molar-refractivity contribution in [3.05, 3.63) is 47.5 Å². The van der Waals surface area contributed by atoms with E-state index < -0.39 is 0 Å². The molecule has 0 fully saturated rings. The van der Waals surface area contributed by atoms with E-state index in [1.807, 2.05) is 38.1 Å². The van der Waals surface area contributed by atoms with Gasteiger partial charge in [0.1, 0.15) is 18.0 Å². The lowest BCUT2D eigenvalue weighted by atomic mass is 10.1. The molecule has 0 aromatic heterocycles. The van der Waals surface area contributed by atoms with Crippen LogP contribution in [0.3, 0.4) is 0 Å². The number of benzene rings is 2. The van der Waals surface area contributed by atoms with Crippen molar-refractivity contribution in [3.8, 4) is 11.5 Å². The summed E-state index contributed by atoms with van der Waals surface area (Å²) >= 11 is 0. The number of aryl methyl sites for hydroxylation is 2. The van der Waals surface area contributed by atoms with E-state index in [2.05, 4.69) is 5.32 Å². The number of nitrogens with one attached hydrogen (secondary N) is 1. The van der Waals surface area contributed by atoms with Crippen molar-refractivity contribution >= 4 is 23.2 Å². The first-order valence-corrected chi connectivity index (χ1v) is 7.96. The Labute approximate surface area is 146 Å². The fourth-order valence-electron chi connectivity index (χ4n) is 2.74. The van der Waals surface area contributed by atoms with Crippen molar-refractivity contribution in [2.75, 3.05) is 30.5 Å². The van der Waals surface area contributed by atoms with E-state index in [-0.39, 0.29) is 25.0 Å². The molecule has 3 rings (SSSR count). The highest BCUT2D eigenvalue weighted by Crippen LogP contribution is 2.33. The van der Waals surface area contributed by atoms with E-state index in [9.17, 15) is 9.59 Å². The van der Waals surface area contributed by atoms with Crippen molar-refractivity contribution in [2.45, 2.75) is 13.8 Å². The summed E-state index contributed by atoms with van der Waals surface area (Å²) in [5.74, 6) is 0.636. The van der Waals surface area contributed by atoms with Crippen LogP contribution in [0.25, 0.3) is 0 Å². The minimum Gasteiger partial charge on any atom is -0.495 e. The van der Waals surface area contributed by atoms with E-state index in [4.69, 9.17) is 9.47 Å². The van der Waals surface area contributed by atoms with Gasteiger partial charge in [0.05, 0.1) is 18.5 Å². The summed E-state index contributed by atoms with van der Waals surface area (Å²) < 4.78 is 10.7. The first-order valence-electron chi connectivity index (χ1n) is 7.96. The molecule has 0 saturated heterocycles. The molecule has 0 spiro atoms. The number of ether oxygens (including phenoxy) is 2. The number of hydrogen-bond acceptors (Lipinski definition) is 4. The SMILES string of the molecule is COc1ccc(C)cc1NC(=O)CN1C(=O)COc2cc(C)ccc21. The standard InChI is InChI=1S/C19H20N2O4/c1-12-5-7-16(24-3)14(8-12)20-18(22)10-21-15-6-4-13(2)9-17(15)25-11-19(21)23/h4-9H,10-11H2,1-3H3,(H,20,22). The molecule has 1 aliphatic rings. The molecule has 2 amide bonds. The Kier molecular flexibility index (Phi) is 4.61. The third-order valence-corrected chi connectivity index (χ3v) is 3.99. The van der Waals surface area contributed by atoms with Gasteiger partial charge in [0.2, 0.25) is 5.91 Å². The minimum atomic E-state index is -0.300. The van der Waals surface area contributed by atoms with Gasteiger partial charge < -0.3 is 14.8 Å². The molecule has 1 heterocycles. The quantitative estimate of drug-likeness (QED) is 0.929. The summed E-state index contributed by atoms with van der Waals surface area (Å²) in [6.45, 7) is 3.72. The van der Waals surface area contributed by atoms with Crippen LogP contribution >= 0.6 is 0 Å². The number of methoxy groups -OCH3 is 1. The molecule has 25 heavy (non-hydrogen) atoms. The predicted octanol–water partition coefficient (Wildman–Crippen LogP) is 2.68.